The summed E-state index contributed by atoms with van der Waals surface area (Å²) in [5.41, 5.74) is 6.77. The summed E-state index contributed by atoms with van der Waals surface area (Å²) in [7, 11) is -3.42. The van der Waals surface area contributed by atoms with Crippen molar-refractivity contribution in [3.63, 3.8) is 0 Å². The molecule has 11 heteroatoms. The molecular formula is C26H20FN7O2S. The molecule has 0 aliphatic carbocycles. The average molecular weight is 514 g/mol. The molecule has 6 rings (SSSR count). The number of H-pyrrole nitrogens is 2. The van der Waals surface area contributed by atoms with Gasteiger partial charge in [0, 0.05) is 30.1 Å². The molecule has 3 N–H and O–H groups in total. The first kappa shape index (κ1) is 23.0. The maximum Gasteiger partial charge on any atom is 0.209 e. The predicted molar refractivity (Wildman–Crippen MR) is 139 cm³/mol. The second kappa shape index (κ2) is 8.87. The summed E-state index contributed by atoms with van der Waals surface area (Å²) in [6, 6.07) is 17.6. The molecule has 0 aliphatic rings. The van der Waals surface area contributed by atoms with Crippen LogP contribution >= 0.6 is 0 Å². The standard InChI is InChI=1S/C26H20FN7O2S/c1-37(35,36)29-13-15-10-17(12-18(27)11-15)19-5-2-6-21-23(19)32-26(31-21)25-24-22(33-34-25)8-7-20(30-24)16-4-3-9-28-14-16/h2-12,14,29H,13H2,1H3,(H,31,32)(H,33,34). The lowest BCUT2D eigenvalue weighted by Crippen LogP contribution is -2.21. The van der Waals surface area contributed by atoms with Gasteiger partial charge < -0.3 is 4.98 Å². The number of nitrogens with one attached hydrogen (secondary N) is 3. The summed E-state index contributed by atoms with van der Waals surface area (Å²) in [5, 5.41) is 7.45. The molecule has 0 aliphatic heterocycles. The van der Waals surface area contributed by atoms with Gasteiger partial charge >= 0.3 is 0 Å². The fraction of sp³-hybridized carbons (Fsp3) is 0.0769. The molecule has 4 heterocycles. The zero-order valence-corrected chi connectivity index (χ0v) is 20.3. The Morgan fingerprint density at radius 1 is 0.946 bits per heavy atom. The van der Waals surface area contributed by atoms with Crippen molar-refractivity contribution >= 4 is 32.1 Å². The molecule has 0 saturated carbocycles. The van der Waals surface area contributed by atoms with Gasteiger partial charge in [-0.25, -0.2) is 27.5 Å². The van der Waals surface area contributed by atoms with E-state index in [4.69, 9.17) is 9.97 Å². The number of benzene rings is 2. The Labute approximate surface area is 210 Å². The Kier molecular flexibility index (Phi) is 5.50. The van der Waals surface area contributed by atoms with Crippen LogP contribution in [0.25, 0.3) is 56.0 Å². The molecule has 184 valence electrons. The van der Waals surface area contributed by atoms with Crippen LogP contribution in [0.5, 0.6) is 0 Å². The predicted octanol–water partition coefficient (Wildman–Crippen LogP) is 4.42. The highest BCUT2D eigenvalue weighted by Crippen LogP contribution is 2.32. The number of sulfonamides is 1. The van der Waals surface area contributed by atoms with Crippen LogP contribution in [0.2, 0.25) is 0 Å². The van der Waals surface area contributed by atoms with Crippen molar-refractivity contribution in [2.24, 2.45) is 0 Å². The molecule has 0 bridgehead atoms. The van der Waals surface area contributed by atoms with Crippen LogP contribution in [-0.4, -0.2) is 44.8 Å². The topological polar surface area (TPSA) is 129 Å². The number of halogens is 1. The highest BCUT2D eigenvalue weighted by Gasteiger charge is 2.17. The van der Waals surface area contributed by atoms with E-state index in [0.29, 0.717) is 39.2 Å². The van der Waals surface area contributed by atoms with Crippen LogP contribution in [-0.2, 0) is 16.6 Å². The zero-order valence-electron chi connectivity index (χ0n) is 19.5. The molecule has 0 saturated heterocycles. The van der Waals surface area contributed by atoms with Crippen molar-refractivity contribution in [2.45, 2.75) is 6.54 Å². The van der Waals surface area contributed by atoms with Crippen molar-refractivity contribution in [2.75, 3.05) is 6.26 Å². The van der Waals surface area contributed by atoms with Gasteiger partial charge in [-0.3, -0.25) is 10.1 Å². The van der Waals surface area contributed by atoms with Gasteiger partial charge in [-0.1, -0.05) is 12.1 Å². The van der Waals surface area contributed by atoms with Crippen molar-refractivity contribution in [1.82, 2.24) is 34.9 Å². The molecule has 6 aromatic rings. The Balaban J connectivity index is 1.44. The molecule has 0 atom stereocenters. The molecule has 2 aromatic carbocycles. The summed E-state index contributed by atoms with van der Waals surface area (Å²) in [6.07, 6.45) is 4.52. The first-order valence-electron chi connectivity index (χ1n) is 11.3. The molecule has 0 fully saturated rings. The van der Waals surface area contributed by atoms with E-state index in [1.807, 2.05) is 42.5 Å². The number of nitrogens with zero attached hydrogens (tertiary/aromatic N) is 4. The minimum atomic E-state index is -3.42. The van der Waals surface area contributed by atoms with Crippen LogP contribution in [0.4, 0.5) is 4.39 Å². The minimum absolute atomic E-state index is 0.0183. The van der Waals surface area contributed by atoms with Crippen LogP contribution in [0, 0.1) is 5.82 Å². The van der Waals surface area contributed by atoms with E-state index in [0.717, 1.165) is 28.5 Å². The maximum atomic E-state index is 14.5. The van der Waals surface area contributed by atoms with E-state index in [1.54, 1.807) is 18.5 Å². The average Bonchev–Trinajstić information content (AvgIpc) is 3.51. The van der Waals surface area contributed by atoms with Gasteiger partial charge in [0.1, 0.15) is 11.3 Å². The maximum absolute atomic E-state index is 14.5. The molecule has 0 amide bonds. The summed E-state index contributed by atoms with van der Waals surface area (Å²) >= 11 is 0. The summed E-state index contributed by atoms with van der Waals surface area (Å²) in [4.78, 5) is 17.1. The minimum Gasteiger partial charge on any atom is -0.336 e. The third-order valence-electron chi connectivity index (χ3n) is 5.91. The molecule has 4 aromatic heterocycles. The number of fused-ring (bicyclic) bond motifs is 2. The number of aromatic nitrogens is 6. The van der Waals surface area contributed by atoms with Crippen LogP contribution in [0.1, 0.15) is 5.56 Å². The van der Waals surface area contributed by atoms with Crippen LogP contribution in [0.15, 0.2) is 73.1 Å². The first-order chi connectivity index (χ1) is 17.8. The van der Waals surface area contributed by atoms with E-state index < -0.39 is 15.8 Å². The number of rotatable bonds is 6. The van der Waals surface area contributed by atoms with Gasteiger partial charge in [0.25, 0.3) is 0 Å². The van der Waals surface area contributed by atoms with E-state index >= 15 is 0 Å². The molecule has 37 heavy (non-hydrogen) atoms. The van der Waals surface area contributed by atoms with Crippen molar-refractivity contribution in [1.29, 1.82) is 0 Å². The quantitative estimate of drug-likeness (QED) is 0.302. The monoisotopic (exact) mass is 513 g/mol. The first-order valence-corrected chi connectivity index (χ1v) is 13.2. The van der Waals surface area contributed by atoms with E-state index in [9.17, 15) is 12.8 Å². The highest BCUT2D eigenvalue weighted by atomic mass is 32.2. The summed E-state index contributed by atoms with van der Waals surface area (Å²) < 4.78 is 39.9. The van der Waals surface area contributed by atoms with Gasteiger partial charge in [-0.15, -0.1) is 0 Å². The second-order valence-corrected chi connectivity index (χ2v) is 10.5. The Hall–Kier alpha value is -4.48. The normalized spacial score (nSPS) is 11.9. The van der Waals surface area contributed by atoms with Crippen molar-refractivity contribution in [3.8, 4) is 33.9 Å². The lowest BCUT2D eigenvalue weighted by atomic mass is 10.0. The molecule has 9 nitrogen and oxygen atoms in total. The number of imidazole rings is 1. The molecule has 0 radical (unpaired) electrons. The van der Waals surface area contributed by atoms with Crippen molar-refractivity contribution < 1.29 is 12.8 Å². The Bertz CT molecular complexity index is 1880. The summed E-state index contributed by atoms with van der Waals surface area (Å²) in [6.45, 7) is -0.0183. The SMILES string of the molecule is CS(=O)(=O)NCc1cc(F)cc(-c2cccc3[nH]c(-c4n[nH]c5ccc(-c6cccnc6)nc45)nc23)c1. The van der Waals surface area contributed by atoms with Gasteiger partial charge in [0.15, 0.2) is 11.5 Å². The van der Waals surface area contributed by atoms with Crippen LogP contribution < -0.4 is 4.72 Å². The number of hydrogen-bond acceptors (Lipinski definition) is 6. The lowest BCUT2D eigenvalue weighted by Gasteiger charge is -2.08. The number of hydrogen-bond donors (Lipinski definition) is 3. The van der Waals surface area contributed by atoms with Gasteiger partial charge in [0.05, 0.1) is 28.5 Å². The highest BCUT2D eigenvalue weighted by molar-refractivity contribution is 7.88. The second-order valence-electron chi connectivity index (χ2n) is 8.64. The Morgan fingerprint density at radius 3 is 2.65 bits per heavy atom. The Morgan fingerprint density at radius 2 is 1.84 bits per heavy atom. The number of para-hydroxylation sites is 1. The fourth-order valence-corrected chi connectivity index (χ4v) is 4.67. The third-order valence-corrected chi connectivity index (χ3v) is 6.58. The molecule has 0 spiro atoms. The smallest absolute Gasteiger partial charge is 0.209 e. The number of pyridine rings is 2. The zero-order chi connectivity index (χ0) is 25.6. The van der Waals surface area contributed by atoms with E-state index in [1.165, 1.54) is 12.1 Å². The number of aromatic amines is 2. The third kappa shape index (κ3) is 4.57. The molecular weight excluding hydrogens is 493 g/mol. The van der Waals surface area contributed by atoms with Gasteiger partial charge in [-0.05, 0) is 59.7 Å². The molecule has 0 unspecified atom stereocenters. The fourth-order valence-electron chi connectivity index (χ4n) is 4.24. The lowest BCUT2D eigenvalue weighted by molar-refractivity contribution is 0.586. The van der Waals surface area contributed by atoms with Crippen molar-refractivity contribution in [3.05, 3.63) is 84.4 Å². The van der Waals surface area contributed by atoms with E-state index in [2.05, 4.69) is 24.9 Å². The van der Waals surface area contributed by atoms with Gasteiger partial charge in [-0.2, -0.15) is 5.10 Å². The van der Waals surface area contributed by atoms with E-state index in [-0.39, 0.29) is 6.54 Å². The summed E-state index contributed by atoms with van der Waals surface area (Å²) in [5.74, 6) is 0.0425. The van der Waals surface area contributed by atoms with Crippen LogP contribution in [0.3, 0.4) is 0 Å². The largest absolute Gasteiger partial charge is 0.336 e. The van der Waals surface area contributed by atoms with Gasteiger partial charge in [0.2, 0.25) is 10.0 Å².